The van der Waals surface area contributed by atoms with Gasteiger partial charge in [-0.05, 0) is 12.1 Å². The predicted molar refractivity (Wildman–Crippen MR) is 95.7 cm³/mol. The Morgan fingerprint density at radius 1 is 0.926 bits per heavy atom. The van der Waals surface area contributed by atoms with Crippen molar-refractivity contribution in [2.24, 2.45) is 0 Å². The first-order valence-corrected chi connectivity index (χ1v) is 10.2. The number of piperazine rings is 1. The van der Waals surface area contributed by atoms with E-state index in [9.17, 15) is 18.0 Å². The summed E-state index contributed by atoms with van der Waals surface area (Å²) in [6.07, 6.45) is 0. The number of carbonyl (C=O) groups is 2. The Balaban J connectivity index is 1.64. The molecule has 0 N–H and O–H groups in total. The molecule has 3 rings (SSSR count). The first-order valence-electron chi connectivity index (χ1n) is 8.74. The van der Waals surface area contributed by atoms with E-state index in [1.165, 1.54) is 27.3 Å². The van der Waals surface area contributed by atoms with Crippen LogP contribution in [-0.2, 0) is 24.3 Å². The highest BCUT2D eigenvalue weighted by Gasteiger charge is 2.35. The van der Waals surface area contributed by atoms with Crippen LogP contribution in [0.2, 0.25) is 0 Å². The summed E-state index contributed by atoms with van der Waals surface area (Å²) < 4.78 is 37.4. The summed E-state index contributed by atoms with van der Waals surface area (Å²) >= 11 is 0. The minimum Gasteiger partial charge on any atom is -0.495 e. The predicted octanol–water partition coefficient (Wildman–Crippen LogP) is -0.613. The Kier molecular flexibility index (Phi) is 5.98. The van der Waals surface area contributed by atoms with E-state index in [0.29, 0.717) is 26.3 Å². The van der Waals surface area contributed by atoms with Gasteiger partial charge in [-0.15, -0.1) is 0 Å². The first-order chi connectivity index (χ1) is 12.9. The molecule has 0 saturated carbocycles. The van der Waals surface area contributed by atoms with E-state index in [1.54, 1.807) is 18.2 Å². The van der Waals surface area contributed by atoms with Crippen molar-refractivity contribution in [1.82, 2.24) is 14.1 Å². The molecule has 148 valence electrons. The number of ether oxygens (including phenoxy) is 2. The van der Waals surface area contributed by atoms with Crippen LogP contribution in [0.25, 0.3) is 0 Å². The molecule has 0 radical (unpaired) electrons. The molecular weight excluding hydrogens is 374 g/mol. The third-order valence-corrected chi connectivity index (χ3v) is 6.63. The number of para-hydroxylation sites is 1. The molecule has 27 heavy (non-hydrogen) atoms. The van der Waals surface area contributed by atoms with Crippen LogP contribution >= 0.6 is 0 Å². The molecule has 0 aliphatic carbocycles. The quantitative estimate of drug-likeness (QED) is 0.631. The van der Waals surface area contributed by atoms with E-state index in [-0.39, 0.29) is 36.8 Å². The average Bonchev–Trinajstić information content (AvgIpc) is 2.73. The average molecular weight is 397 g/mol. The lowest BCUT2D eigenvalue weighted by atomic mass is 10.3. The molecule has 0 atom stereocenters. The minimum absolute atomic E-state index is 0.0941. The number of amides is 2. The third kappa shape index (κ3) is 4.07. The van der Waals surface area contributed by atoms with Crippen LogP contribution in [0.4, 0.5) is 0 Å². The minimum atomic E-state index is -3.74. The summed E-state index contributed by atoms with van der Waals surface area (Å²) in [5, 5.41) is 0. The van der Waals surface area contributed by atoms with E-state index in [4.69, 9.17) is 9.47 Å². The normalized spacial score (nSPS) is 19.0. The highest BCUT2D eigenvalue weighted by atomic mass is 32.2. The van der Waals surface area contributed by atoms with Crippen molar-refractivity contribution < 1.29 is 27.5 Å². The molecule has 9 nitrogen and oxygen atoms in total. The highest BCUT2D eigenvalue weighted by molar-refractivity contribution is 7.89. The van der Waals surface area contributed by atoms with Crippen molar-refractivity contribution >= 4 is 21.8 Å². The second-order valence-electron chi connectivity index (χ2n) is 6.25. The van der Waals surface area contributed by atoms with Crippen molar-refractivity contribution in [3.05, 3.63) is 24.3 Å². The molecule has 2 fully saturated rings. The summed E-state index contributed by atoms with van der Waals surface area (Å²) in [5.41, 5.74) is 0. The van der Waals surface area contributed by atoms with E-state index < -0.39 is 21.8 Å². The number of methoxy groups -OCH3 is 1. The van der Waals surface area contributed by atoms with Crippen molar-refractivity contribution in [2.45, 2.75) is 4.90 Å². The lowest BCUT2D eigenvalue weighted by Gasteiger charge is -2.35. The second-order valence-corrected chi connectivity index (χ2v) is 8.16. The van der Waals surface area contributed by atoms with Crippen molar-refractivity contribution in [3.8, 4) is 5.75 Å². The van der Waals surface area contributed by atoms with Crippen LogP contribution < -0.4 is 4.74 Å². The maximum absolute atomic E-state index is 12.9. The van der Waals surface area contributed by atoms with Gasteiger partial charge >= 0.3 is 11.8 Å². The standard InChI is InChI=1S/C17H23N3O6S/c1-25-14-4-2-3-5-15(14)27(23,24)20-8-6-18(7-9-20)16(21)17(22)19-10-12-26-13-11-19/h2-5H,6-13H2,1H3. The molecule has 1 aromatic rings. The summed E-state index contributed by atoms with van der Waals surface area (Å²) in [7, 11) is -2.32. The van der Waals surface area contributed by atoms with Crippen LogP contribution in [0, 0.1) is 0 Å². The lowest BCUT2D eigenvalue weighted by Crippen LogP contribution is -2.55. The largest absolute Gasteiger partial charge is 0.495 e. The van der Waals surface area contributed by atoms with Crippen LogP contribution in [0.5, 0.6) is 5.75 Å². The van der Waals surface area contributed by atoms with Gasteiger partial charge in [0.2, 0.25) is 10.0 Å². The molecule has 2 heterocycles. The van der Waals surface area contributed by atoms with Gasteiger partial charge in [0.05, 0.1) is 20.3 Å². The molecule has 0 aromatic heterocycles. The molecule has 1 aromatic carbocycles. The molecule has 2 saturated heterocycles. The highest BCUT2D eigenvalue weighted by Crippen LogP contribution is 2.26. The molecule has 0 unspecified atom stereocenters. The zero-order valence-corrected chi connectivity index (χ0v) is 16.0. The number of carbonyl (C=O) groups excluding carboxylic acids is 2. The summed E-state index contributed by atoms with van der Waals surface area (Å²) in [6.45, 7) is 2.23. The number of rotatable bonds is 3. The molecular formula is C17H23N3O6S. The van der Waals surface area contributed by atoms with Crippen molar-refractivity contribution in [1.29, 1.82) is 0 Å². The maximum atomic E-state index is 12.9. The molecule has 2 aliphatic rings. The van der Waals surface area contributed by atoms with Gasteiger partial charge in [-0.3, -0.25) is 9.59 Å². The Bertz CT molecular complexity index is 799. The number of sulfonamides is 1. The van der Waals surface area contributed by atoms with Crippen LogP contribution in [0.3, 0.4) is 0 Å². The summed E-state index contributed by atoms with van der Waals surface area (Å²) in [4.78, 5) is 27.7. The molecule has 0 bridgehead atoms. The SMILES string of the molecule is COc1ccccc1S(=O)(=O)N1CCN(C(=O)C(=O)N2CCOCC2)CC1. The van der Waals surface area contributed by atoms with E-state index >= 15 is 0 Å². The summed E-state index contributed by atoms with van der Waals surface area (Å²) in [6, 6.07) is 6.42. The number of hydrogen-bond donors (Lipinski definition) is 0. The van der Waals surface area contributed by atoms with Crippen molar-refractivity contribution in [3.63, 3.8) is 0 Å². The number of nitrogens with zero attached hydrogens (tertiary/aromatic N) is 3. The van der Waals surface area contributed by atoms with E-state index in [1.807, 2.05) is 0 Å². The van der Waals surface area contributed by atoms with Crippen LogP contribution in [0.15, 0.2) is 29.2 Å². The fourth-order valence-electron chi connectivity index (χ4n) is 3.14. The maximum Gasteiger partial charge on any atom is 0.312 e. The van der Waals surface area contributed by atoms with Crippen molar-refractivity contribution in [2.75, 3.05) is 59.6 Å². The van der Waals surface area contributed by atoms with Gasteiger partial charge in [0.1, 0.15) is 10.6 Å². The topological polar surface area (TPSA) is 96.5 Å². The second kappa shape index (κ2) is 8.24. The lowest BCUT2D eigenvalue weighted by molar-refractivity contribution is -0.154. The number of morpholine rings is 1. The van der Waals surface area contributed by atoms with Crippen LogP contribution in [0.1, 0.15) is 0 Å². The van der Waals surface area contributed by atoms with Gasteiger partial charge in [0.15, 0.2) is 0 Å². The molecule has 2 aliphatic heterocycles. The molecule has 10 heteroatoms. The summed E-state index contributed by atoms with van der Waals surface area (Å²) in [5.74, 6) is -0.871. The van der Waals surface area contributed by atoms with Crippen LogP contribution in [-0.4, -0.2) is 93.9 Å². The third-order valence-electron chi connectivity index (χ3n) is 4.69. The van der Waals surface area contributed by atoms with Gasteiger partial charge in [-0.1, -0.05) is 12.1 Å². The van der Waals surface area contributed by atoms with Gasteiger partial charge in [0, 0.05) is 39.3 Å². The Hall–Kier alpha value is -2.17. The van der Waals surface area contributed by atoms with Gasteiger partial charge in [-0.2, -0.15) is 4.31 Å². The molecule has 0 spiro atoms. The van der Waals surface area contributed by atoms with Gasteiger partial charge in [-0.25, -0.2) is 8.42 Å². The Labute approximate surface area is 158 Å². The number of benzene rings is 1. The fraction of sp³-hybridized carbons (Fsp3) is 0.529. The Morgan fingerprint density at radius 2 is 1.48 bits per heavy atom. The monoisotopic (exact) mass is 397 g/mol. The van der Waals surface area contributed by atoms with Gasteiger partial charge in [0.25, 0.3) is 0 Å². The zero-order chi connectivity index (χ0) is 19.4. The number of hydrogen-bond acceptors (Lipinski definition) is 6. The fourth-order valence-corrected chi connectivity index (χ4v) is 4.72. The zero-order valence-electron chi connectivity index (χ0n) is 15.2. The Morgan fingerprint density at radius 3 is 2.07 bits per heavy atom. The first kappa shape index (κ1) is 19.6. The molecule has 2 amide bonds. The smallest absolute Gasteiger partial charge is 0.312 e. The van der Waals surface area contributed by atoms with E-state index in [0.717, 1.165) is 0 Å². The van der Waals surface area contributed by atoms with E-state index in [2.05, 4.69) is 0 Å². The van der Waals surface area contributed by atoms with Gasteiger partial charge < -0.3 is 19.3 Å².